The van der Waals surface area contributed by atoms with Crippen LogP contribution in [-0.2, 0) is 11.0 Å². The second kappa shape index (κ2) is 11.1. The topological polar surface area (TPSA) is 87.6 Å². The van der Waals surface area contributed by atoms with E-state index in [1.165, 1.54) is 11.9 Å². The number of ether oxygens (including phenoxy) is 2. The molecule has 0 heterocycles. The van der Waals surface area contributed by atoms with E-state index >= 15 is 0 Å². The first-order chi connectivity index (χ1) is 12.2. The Hall–Kier alpha value is -1.54. The SMILES string of the molecule is NSc1ccc(OCCCCCCOc2ccc(S(N)=O)cc2)cc1. The predicted molar refractivity (Wildman–Crippen MR) is 103 cm³/mol. The van der Waals surface area contributed by atoms with Gasteiger partial charge in [-0.1, -0.05) is 0 Å². The van der Waals surface area contributed by atoms with Crippen molar-refractivity contribution >= 4 is 22.9 Å². The third-order valence-electron chi connectivity index (χ3n) is 3.59. The molecule has 0 saturated carbocycles. The van der Waals surface area contributed by atoms with E-state index in [-0.39, 0.29) is 0 Å². The third kappa shape index (κ3) is 7.48. The first-order valence-corrected chi connectivity index (χ1v) is 10.3. The highest BCUT2D eigenvalue weighted by Crippen LogP contribution is 2.18. The second-order valence-electron chi connectivity index (χ2n) is 5.47. The van der Waals surface area contributed by atoms with Gasteiger partial charge in [0.15, 0.2) is 0 Å². The molecule has 0 radical (unpaired) electrons. The predicted octanol–water partition coefficient (Wildman–Crippen LogP) is 3.65. The van der Waals surface area contributed by atoms with Crippen LogP contribution in [0.4, 0.5) is 0 Å². The van der Waals surface area contributed by atoms with Gasteiger partial charge in [0.2, 0.25) is 0 Å². The zero-order valence-electron chi connectivity index (χ0n) is 14.1. The minimum absolute atomic E-state index is 0.601. The van der Waals surface area contributed by atoms with Gasteiger partial charge in [0.05, 0.1) is 18.1 Å². The van der Waals surface area contributed by atoms with Crippen LogP contribution in [0, 0.1) is 0 Å². The molecular formula is C18H24N2O3S2. The lowest BCUT2D eigenvalue weighted by Gasteiger charge is -2.08. The second-order valence-corrected chi connectivity index (χ2v) is 7.24. The van der Waals surface area contributed by atoms with Gasteiger partial charge in [-0.2, -0.15) is 0 Å². The van der Waals surface area contributed by atoms with Gasteiger partial charge in [0, 0.05) is 4.90 Å². The van der Waals surface area contributed by atoms with E-state index in [1.54, 1.807) is 24.3 Å². The van der Waals surface area contributed by atoms with Gasteiger partial charge in [-0.05, 0) is 86.2 Å². The number of benzene rings is 2. The Morgan fingerprint density at radius 3 is 1.72 bits per heavy atom. The molecule has 136 valence electrons. The van der Waals surface area contributed by atoms with Gasteiger partial charge in [0.25, 0.3) is 0 Å². The quantitative estimate of drug-likeness (QED) is 0.459. The molecular weight excluding hydrogens is 356 g/mol. The van der Waals surface area contributed by atoms with Crippen molar-refractivity contribution in [3.05, 3.63) is 48.5 Å². The molecule has 0 aromatic heterocycles. The molecule has 0 aliphatic rings. The number of nitrogens with two attached hydrogens (primary N) is 2. The maximum atomic E-state index is 11.1. The molecule has 5 nitrogen and oxygen atoms in total. The lowest BCUT2D eigenvalue weighted by atomic mass is 10.2. The van der Waals surface area contributed by atoms with Crippen molar-refractivity contribution in [1.29, 1.82) is 0 Å². The summed E-state index contributed by atoms with van der Waals surface area (Å²) in [5.41, 5.74) is 0. The molecule has 1 unspecified atom stereocenters. The Morgan fingerprint density at radius 1 is 0.800 bits per heavy atom. The van der Waals surface area contributed by atoms with E-state index in [0.717, 1.165) is 42.1 Å². The Morgan fingerprint density at radius 2 is 1.28 bits per heavy atom. The monoisotopic (exact) mass is 380 g/mol. The molecule has 25 heavy (non-hydrogen) atoms. The van der Waals surface area contributed by atoms with Gasteiger partial charge < -0.3 is 9.47 Å². The van der Waals surface area contributed by atoms with Crippen LogP contribution in [0.5, 0.6) is 11.5 Å². The Labute approximate surface area is 155 Å². The zero-order valence-corrected chi connectivity index (χ0v) is 15.7. The number of hydrogen-bond donors (Lipinski definition) is 2. The van der Waals surface area contributed by atoms with Crippen LogP contribution in [0.1, 0.15) is 25.7 Å². The van der Waals surface area contributed by atoms with Crippen LogP contribution in [0.25, 0.3) is 0 Å². The van der Waals surface area contributed by atoms with Crippen LogP contribution in [-0.4, -0.2) is 17.4 Å². The molecule has 1 atom stereocenters. The third-order valence-corrected chi connectivity index (χ3v) is 4.87. The van der Waals surface area contributed by atoms with E-state index in [9.17, 15) is 4.21 Å². The van der Waals surface area contributed by atoms with Gasteiger partial charge in [0.1, 0.15) is 22.5 Å². The Bertz CT molecular complexity index is 648. The molecule has 4 N–H and O–H groups in total. The normalized spacial score (nSPS) is 11.9. The van der Waals surface area contributed by atoms with Crippen LogP contribution in [0.3, 0.4) is 0 Å². The minimum Gasteiger partial charge on any atom is -0.494 e. The summed E-state index contributed by atoms with van der Waals surface area (Å²) in [4.78, 5) is 1.63. The lowest BCUT2D eigenvalue weighted by molar-refractivity contribution is 0.287. The van der Waals surface area contributed by atoms with Crippen LogP contribution in [0.15, 0.2) is 58.3 Å². The summed E-state index contributed by atoms with van der Waals surface area (Å²) < 4.78 is 22.4. The van der Waals surface area contributed by atoms with Crippen molar-refractivity contribution < 1.29 is 13.7 Å². The highest BCUT2D eigenvalue weighted by molar-refractivity contribution is 7.97. The van der Waals surface area contributed by atoms with E-state index < -0.39 is 11.0 Å². The number of rotatable bonds is 11. The maximum absolute atomic E-state index is 11.1. The minimum atomic E-state index is -1.44. The molecule has 0 saturated heterocycles. The van der Waals surface area contributed by atoms with Crippen molar-refractivity contribution in [3.63, 3.8) is 0 Å². The standard InChI is InChI=1S/C18H24N2O3S2/c19-24-17-9-5-15(6-10-17)22-13-3-1-2-4-14-23-16-7-11-18(12-8-16)25(20)21/h5-12H,1-4,13-14,19-20H2. The molecule has 0 spiro atoms. The molecule has 0 aliphatic heterocycles. The van der Waals surface area contributed by atoms with Crippen molar-refractivity contribution in [2.45, 2.75) is 35.5 Å². The molecule has 0 bridgehead atoms. The number of unbranched alkanes of at least 4 members (excludes halogenated alkanes) is 3. The summed E-state index contributed by atoms with van der Waals surface area (Å²) in [7, 11) is -1.44. The molecule has 7 heteroatoms. The average molecular weight is 381 g/mol. The van der Waals surface area contributed by atoms with Crippen molar-refractivity contribution in [2.24, 2.45) is 10.3 Å². The Kier molecular flexibility index (Phi) is 8.82. The molecule has 2 aromatic rings. The smallest absolute Gasteiger partial charge is 0.122 e. The molecule has 0 amide bonds. The highest BCUT2D eigenvalue weighted by Gasteiger charge is 1.99. The summed E-state index contributed by atoms with van der Waals surface area (Å²) in [5, 5.41) is 10.8. The fourth-order valence-corrected chi connectivity index (χ4v) is 2.92. The van der Waals surface area contributed by atoms with Gasteiger partial charge >= 0.3 is 0 Å². The summed E-state index contributed by atoms with van der Waals surface area (Å²) in [5.74, 6) is 1.65. The Balaban J connectivity index is 1.51. The summed E-state index contributed by atoms with van der Waals surface area (Å²) >= 11 is 1.23. The molecule has 2 aromatic carbocycles. The molecule has 2 rings (SSSR count). The van der Waals surface area contributed by atoms with E-state index in [4.69, 9.17) is 19.8 Å². The molecule has 0 fully saturated rings. The van der Waals surface area contributed by atoms with E-state index in [2.05, 4.69) is 0 Å². The van der Waals surface area contributed by atoms with Crippen LogP contribution >= 0.6 is 11.9 Å². The average Bonchev–Trinajstić information content (AvgIpc) is 2.64. The van der Waals surface area contributed by atoms with Crippen LogP contribution < -0.4 is 19.8 Å². The summed E-state index contributed by atoms with van der Waals surface area (Å²) in [6, 6.07) is 14.8. The van der Waals surface area contributed by atoms with Gasteiger partial charge in [-0.3, -0.25) is 5.14 Å². The molecule has 0 aliphatic carbocycles. The maximum Gasteiger partial charge on any atom is 0.122 e. The number of hydrogen-bond acceptors (Lipinski definition) is 5. The highest BCUT2D eigenvalue weighted by atomic mass is 32.2. The van der Waals surface area contributed by atoms with E-state index in [1.807, 2.05) is 24.3 Å². The van der Waals surface area contributed by atoms with Gasteiger partial charge in [-0.25, -0.2) is 9.35 Å². The summed E-state index contributed by atoms with van der Waals surface area (Å²) in [6.07, 6.45) is 4.21. The zero-order chi connectivity index (χ0) is 17.9. The summed E-state index contributed by atoms with van der Waals surface area (Å²) in [6.45, 7) is 1.39. The van der Waals surface area contributed by atoms with Crippen molar-refractivity contribution in [3.8, 4) is 11.5 Å². The van der Waals surface area contributed by atoms with Crippen LogP contribution in [0.2, 0.25) is 0 Å². The van der Waals surface area contributed by atoms with Crippen molar-refractivity contribution in [1.82, 2.24) is 0 Å². The first-order valence-electron chi connectivity index (χ1n) is 8.17. The van der Waals surface area contributed by atoms with Crippen molar-refractivity contribution in [2.75, 3.05) is 13.2 Å². The van der Waals surface area contributed by atoms with Gasteiger partial charge in [-0.15, -0.1) is 0 Å². The largest absolute Gasteiger partial charge is 0.494 e. The van der Waals surface area contributed by atoms with E-state index in [0.29, 0.717) is 18.1 Å². The lowest BCUT2D eigenvalue weighted by Crippen LogP contribution is -2.03. The fourth-order valence-electron chi connectivity index (χ4n) is 2.22. The first kappa shape index (κ1) is 19.8. The fraction of sp³-hybridized carbons (Fsp3) is 0.333.